The summed E-state index contributed by atoms with van der Waals surface area (Å²) in [6.45, 7) is 2.63. The lowest BCUT2D eigenvalue weighted by molar-refractivity contribution is -0.136. The number of hydrogen-bond donors (Lipinski definition) is 1. The van der Waals surface area contributed by atoms with E-state index in [0.29, 0.717) is 11.8 Å². The average Bonchev–Trinajstić information content (AvgIpc) is 3.14. The van der Waals surface area contributed by atoms with Crippen molar-refractivity contribution in [2.24, 2.45) is 40.9 Å². The average molecular weight is 437 g/mol. The third-order valence-corrected chi connectivity index (χ3v) is 10.6. The topological polar surface area (TPSA) is 37.3 Å². The molecule has 0 amide bonds. The lowest BCUT2D eigenvalue weighted by Gasteiger charge is -2.55. The molecule has 4 aliphatic carbocycles. The van der Waals surface area contributed by atoms with Crippen LogP contribution in [0.1, 0.15) is 116 Å². The maximum Gasteiger partial charge on any atom is 0.321 e. The fourth-order valence-electron chi connectivity index (χ4n) is 8.62. The second-order valence-electron chi connectivity index (χ2n) is 11.9. The van der Waals surface area contributed by atoms with Crippen LogP contribution in [0.25, 0.3) is 0 Å². The maximum absolute atomic E-state index is 10.7. The number of hydrogen-bond acceptors (Lipinski definition) is 1. The lowest BCUT2D eigenvalue weighted by Crippen LogP contribution is -2.47. The van der Waals surface area contributed by atoms with Crippen molar-refractivity contribution in [3.63, 3.8) is 0 Å². The van der Waals surface area contributed by atoms with Gasteiger partial charge in [-0.1, -0.05) is 58.3 Å². The van der Waals surface area contributed by atoms with Gasteiger partial charge in [0.25, 0.3) is 0 Å². The van der Waals surface area contributed by atoms with E-state index in [9.17, 15) is 4.79 Å². The number of halogens is 1. The molecule has 0 heterocycles. The number of aliphatic carboxylic acids is 1. The Bertz CT molecular complexity index is 577. The lowest BCUT2D eigenvalue weighted by atomic mass is 9.50. The first kappa shape index (κ1) is 22.9. The summed E-state index contributed by atoms with van der Waals surface area (Å²) in [6.07, 6.45) is 23.4. The minimum absolute atomic E-state index is 0.616. The molecule has 0 bridgehead atoms. The molecule has 30 heavy (non-hydrogen) atoms. The Hall–Kier alpha value is -0.240. The van der Waals surface area contributed by atoms with Crippen LogP contribution in [0.5, 0.6) is 0 Å². The molecule has 1 N–H and O–H groups in total. The summed E-state index contributed by atoms with van der Waals surface area (Å²) in [5, 5.41) is 8.14. The standard InChI is InChI=1S/C27H45ClO2/c1-27-16-7-9-24(27)23-14-12-20-18-19(11-13-21(20)22(23)15-17-27)8-5-3-2-4-6-10-25(28)26(29)30/h19-25H,2-18H2,1H3,(H,29,30)/t19?,20?,21?,22?,23?,24?,25?,27-/m0/s1. The van der Waals surface area contributed by atoms with Crippen molar-refractivity contribution in [1.82, 2.24) is 0 Å². The van der Waals surface area contributed by atoms with Gasteiger partial charge in [-0.15, -0.1) is 11.6 Å². The van der Waals surface area contributed by atoms with Crippen LogP contribution >= 0.6 is 11.6 Å². The molecule has 0 radical (unpaired) electrons. The Morgan fingerprint density at radius 3 is 2.53 bits per heavy atom. The zero-order valence-electron chi connectivity index (χ0n) is 19.3. The van der Waals surface area contributed by atoms with Crippen molar-refractivity contribution in [3.05, 3.63) is 0 Å². The number of carbonyl (C=O) groups is 1. The highest BCUT2D eigenvalue weighted by Gasteiger charge is 2.53. The maximum atomic E-state index is 10.7. The smallest absolute Gasteiger partial charge is 0.321 e. The SMILES string of the molecule is C[C@@]12CCCC1C1CCC3CC(CCCCCCCC(Cl)C(=O)O)CCC3C1CC2. The fraction of sp³-hybridized carbons (Fsp3) is 0.963. The molecule has 0 spiro atoms. The van der Waals surface area contributed by atoms with Crippen LogP contribution in [0.3, 0.4) is 0 Å². The summed E-state index contributed by atoms with van der Waals surface area (Å²) in [5.41, 5.74) is 0.712. The van der Waals surface area contributed by atoms with E-state index >= 15 is 0 Å². The van der Waals surface area contributed by atoms with Crippen molar-refractivity contribution in [2.45, 2.75) is 121 Å². The monoisotopic (exact) mass is 436 g/mol. The van der Waals surface area contributed by atoms with Gasteiger partial charge in [0.05, 0.1) is 0 Å². The largest absolute Gasteiger partial charge is 0.480 e. The van der Waals surface area contributed by atoms with Crippen molar-refractivity contribution in [1.29, 1.82) is 0 Å². The molecule has 0 aromatic rings. The first-order chi connectivity index (χ1) is 14.5. The highest BCUT2D eigenvalue weighted by molar-refractivity contribution is 6.29. The minimum atomic E-state index is -0.869. The van der Waals surface area contributed by atoms with Gasteiger partial charge in [0.15, 0.2) is 0 Å². The van der Waals surface area contributed by atoms with Gasteiger partial charge in [0.2, 0.25) is 0 Å². The Morgan fingerprint density at radius 1 is 0.933 bits per heavy atom. The number of carboxylic acids is 1. The van der Waals surface area contributed by atoms with E-state index < -0.39 is 11.3 Å². The van der Waals surface area contributed by atoms with Gasteiger partial charge in [-0.2, -0.15) is 0 Å². The predicted octanol–water partition coefficient (Wildman–Crippen LogP) is 8.07. The molecule has 0 aromatic carbocycles. The molecule has 4 aliphatic rings. The predicted molar refractivity (Wildman–Crippen MR) is 125 cm³/mol. The molecule has 0 saturated heterocycles. The van der Waals surface area contributed by atoms with Gasteiger partial charge in [-0.3, -0.25) is 4.79 Å². The van der Waals surface area contributed by atoms with E-state index in [1.807, 2.05) is 0 Å². The molecule has 0 aliphatic heterocycles. The van der Waals surface area contributed by atoms with Crippen molar-refractivity contribution in [3.8, 4) is 0 Å². The number of rotatable bonds is 9. The zero-order chi connectivity index (χ0) is 21.1. The van der Waals surface area contributed by atoms with E-state index in [0.717, 1.165) is 48.3 Å². The summed E-state index contributed by atoms with van der Waals surface area (Å²) < 4.78 is 0. The van der Waals surface area contributed by atoms with E-state index in [2.05, 4.69) is 6.92 Å². The number of unbranched alkanes of at least 4 members (excludes halogenated alkanes) is 4. The summed E-state index contributed by atoms with van der Waals surface area (Å²) >= 11 is 5.79. The van der Waals surface area contributed by atoms with Gasteiger partial charge in [0, 0.05) is 0 Å². The third-order valence-electron chi connectivity index (χ3n) is 10.2. The van der Waals surface area contributed by atoms with Gasteiger partial charge in [-0.05, 0) is 98.7 Å². The molecular formula is C27H45ClO2. The summed E-state index contributed by atoms with van der Waals surface area (Å²) in [5.74, 6) is 5.47. The van der Waals surface area contributed by atoms with E-state index in [1.54, 1.807) is 19.3 Å². The Morgan fingerprint density at radius 2 is 1.70 bits per heavy atom. The van der Waals surface area contributed by atoms with Crippen LogP contribution in [0.4, 0.5) is 0 Å². The van der Waals surface area contributed by atoms with Crippen LogP contribution in [-0.2, 0) is 4.79 Å². The number of alkyl halides is 1. The fourth-order valence-corrected chi connectivity index (χ4v) is 8.77. The van der Waals surface area contributed by atoms with Gasteiger partial charge in [0.1, 0.15) is 5.38 Å². The van der Waals surface area contributed by atoms with Crippen molar-refractivity contribution >= 4 is 17.6 Å². The van der Waals surface area contributed by atoms with Gasteiger partial charge >= 0.3 is 5.97 Å². The van der Waals surface area contributed by atoms with Crippen LogP contribution in [0.2, 0.25) is 0 Å². The Labute approximate surface area is 189 Å². The van der Waals surface area contributed by atoms with Gasteiger partial charge < -0.3 is 5.11 Å². The molecule has 3 heteroatoms. The molecule has 7 unspecified atom stereocenters. The number of carboxylic acid groups (broad SMARTS) is 1. The summed E-state index contributed by atoms with van der Waals surface area (Å²) in [7, 11) is 0. The van der Waals surface area contributed by atoms with Gasteiger partial charge in [-0.25, -0.2) is 0 Å². The molecule has 0 aromatic heterocycles. The zero-order valence-corrected chi connectivity index (χ0v) is 20.1. The third kappa shape index (κ3) is 5.05. The number of fused-ring (bicyclic) bond motifs is 5. The van der Waals surface area contributed by atoms with E-state index in [-0.39, 0.29) is 0 Å². The molecular weight excluding hydrogens is 392 g/mol. The molecule has 4 rings (SSSR count). The van der Waals surface area contributed by atoms with Crippen LogP contribution in [0, 0.1) is 40.9 Å². The van der Waals surface area contributed by atoms with E-state index in [4.69, 9.17) is 16.7 Å². The quantitative estimate of drug-likeness (QED) is 0.293. The van der Waals surface area contributed by atoms with Crippen LogP contribution < -0.4 is 0 Å². The molecule has 8 atom stereocenters. The van der Waals surface area contributed by atoms with Crippen LogP contribution in [0.15, 0.2) is 0 Å². The first-order valence-corrected chi connectivity index (χ1v) is 13.8. The Kier molecular flexibility index (Phi) is 7.75. The summed E-state index contributed by atoms with van der Waals surface area (Å²) in [6, 6.07) is 0. The first-order valence-electron chi connectivity index (χ1n) is 13.3. The van der Waals surface area contributed by atoms with E-state index in [1.165, 1.54) is 70.6 Å². The highest BCUT2D eigenvalue weighted by atomic mass is 35.5. The Balaban J connectivity index is 1.14. The molecule has 2 nitrogen and oxygen atoms in total. The molecule has 4 fully saturated rings. The highest BCUT2D eigenvalue weighted by Crippen LogP contribution is 2.62. The second-order valence-corrected chi connectivity index (χ2v) is 12.4. The molecule has 172 valence electrons. The minimum Gasteiger partial charge on any atom is -0.480 e. The van der Waals surface area contributed by atoms with Crippen molar-refractivity contribution in [2.75, 3.05) is 0 Å². The summed E-state index contributed by atoms with van der Waals surface area (Å²) in [4.78, 5) is 10.7. The normalized spacial score (nSPS) is 41.5. The van der Waals surface area contributed by atoms with Crippen LogP contribution in [-0.4, -0.2) is 16.5 Å². The second kappa shape index (κ2) is 10.1. The molecule has 4 saturated carbocycles. The van der Waals surface area contributed by atoms with Crippen molar-refractivity contribution < 1.29 is 9.90 Å².